The number of nitrogens with zero attached hydrogens (tertiary/aromatic N) is 1. The van der Waals surface area contributed by atoms with Gasteiger partial charge in [0.15, 0.2) is 5.78 Å². The highest BCUT2D eigenvalue weighted by Crippen LogP contribution is 2.26. The Balaban J connectivity index is 1.93. The van der Waals surface area contributed by atoms with Crippen molar-refractivity contribution in [2.24, 2.45) is 0 Å². The van der Waals surface area contributed by atoms with Gasteiger partial charge in [0.1, 0.15) is 5.82 Å². The van der Waals surface area contributed by atoms with E-state index in [0.717, 1.165) is 5.56 Å². The Morgan fingerprint density at radius 2 is 1.64 bits per heavy atom. The lowest BCUT2D eigenvalue weighted by Gasteiger charge is -2.33. The Labute approximate surface area is 129 Å². The van der Waals surface area contributed by atoms with Crippen LogP contribution in [0.3, 0.4) is 0 Å². The van der Waals surface area contributed by atoms with E-state index in [1.807, 2.05) is 30.3 Å². The zero-order chi connectivity index (χ0) is 15.4. The van der Waals surface area contributed by atoms with Crippen LogP contribution in [0.15, 0.2) is 54.6 Å². The predicted molar refractivity (Wildman–Crippen MR) is 82.3 cm³/mol. The summed E-state index contributed by atoms with van der Waals surface area (Å²) < 4.78 is 18.5. The number of carbonyl (C=O) groups excluding carboxylic acids is 1. The zero-order valence-corrected chi connectivity index (χ0v) is 12.2. The number of Topliss-reactive ketones (excluding diaryl/α,β-unsaturated/α-hetero) is 1. The molecule has 1 fully saturated rings. The first-order valence-corrected chi connectivity index (χ1v) is 7.42. The van der Waals surface area contributed by atoms with Crippen LogP contribution in [-0.4, -0.2) is 37.0 Å². The first-order valence-electron chi connectivity index (χ1n) is 7.42. The Morgan fingerprint density at radius 1 is 1.00 bits per heavy atom. The van der Waals surface area contributed by atoms with Gasteiger partial charge < -0.3 is 4.74 Å². The van der Waals surface area contributed by atoms with Crippen molar-refractivity contribution in [1.82, 2.24) is 4.90 Å². The van der Waals surface area contributed by atoms with Crippen LogP contribution in [0.4, 0.5) is 4.39 Å². The fourth-order valence-corrected chi connectivity index (χ4v) is 2.77. The largest absolute Gasteiger partial charge is 0.379 e. The molecule has 3 rings (SSSR count). The summed E-state index contributed by atoms with van der Waals surface area (Å²) >= 11 is 0. The molecule has 1 heterocycles. The number of carbonyl (C=O) groups is 1. The number of hydrogen-bond donors (Lipinski definition) is 0. The van der Waals surface area contributed by atoms with Crippen LogP contribution in [0.25, 0.3) is 0 Å². The normalized spacial score (nSPS) is 17.1. The summed E-state index contributed by atoms with van der Waals surface area (Å²) in [6, 6.07) is 15.1. The average molecular weight is 299 g/mol. The first-order chi connectivity index (χ1) is 10.8. The van der Waals surface area contributed by atoms with Gasteiger partial charge in [-0.15, -0.1) is 0 Å². The smallest absolute Gasteiger partial charge is 0.184 e. The SMILES string of the molecule is O=C(c1ccc(F)cc1)C(c1ccccc1)N1CCOCC1. The molecule has 0 aromatic heterocycles. The molecule has 2 aromatic rings. The fraction of sp³-hybridized carbons (Fsp3) is 0.278. The molecule has 1 aliphatic rings. The summed E-state index contributed by atoms with van der Waals surface area (Å²) in [7, 11) is 0. The van der Waals surface area contributed by atoms with Crippen LogP contribution in [-0.2, 0) is 4.74 Å². The molecule has 0 aliphatic carbocycles. The van der Waals surface area contributed by atoms with Crippen LogP contribution in [0.2, 0.25) is 0 Å². The Hall–Kier alpha value is -2.04. The lowest BCUT2D eigenvalue weighted by molar-refractivity contribution is 0.0172. The number of halogens is 1. The summed E-state index contributed by atoms with van der Waals surface area (Å²) in [5.41, 5.74) is 1.49. The average Bonchev–Trinajstić information content (AvgIpc) is 2.57. The third-order valence-corrected chi connectivity index (χ3v) is 3.90. The highest BCUT2D eigenvalue weighted by Gasteiger charge is 2.29. The van der Waals surface area contributed by atoms with Crippen molar-refractivity contribution in [2.45, 2.75) is 6.04 Å². The number of hydrogen-bond acceptors (Lipinski definition) is 3. The van der Waals surface area contributed by atoms with Crippen LogP contribution >= 0.6 is 0 Å². The van der Waals surface area contributed by atoms with E-state index in [1.54, 1.807) is 12.1 Å². The second-order valence-electron chi connectivity index (χ2n) is 5.33. The molecule has 0 N–H and O–H groups in total. The first kappa shape index (κ1) is 14.9. The molecule has 0 radical (unpaired) electrons. The molecule has 1 aliphatic heterocycles. The minimum atomic E-state index is -0.351. The topological polar surface area (TPSA) is 29.5 Å². The van der Waals surface area contributed by atoms with Gasteiger partial charge in [0.25, 0.3) is 0 Å². The van der Waals surface area contributed by atoms with Gasteiger partial charge in [-0.2, -0.15) is 0 Å². The number of ether oxygens (including phenoxy) is 1. The molecule has 1 unspecified atom stereocenters. The number of ketones is 1. The molecule has 22 heavy (non-hydrogen) atoms. The molecule has 114 valence electrons. The lowest BCUT2D eigenvalue weighted by atomic mass is 9.95. The standard InChI is InChI=1S/C18H18FNO2/c19-16-8-6-15(7-9-16)18(21)17(14-4-2-1-3-5-14)20-10-12-22-13-11-20/h1-9,17H,10-13H2. The molecular formula is C18H18FNO2. The van der Waals surface area contributed by atoms with Crippen molar-refractivity contribution in [2.75, 3.05) is 26.3 Å². The van der Waals surface area contributed by atoms with Crippen LogP contribution in [0.1, 0.15) is 22.0 Å². The molecule has 0 amide bonds. The third kappa shape index (κ3) is 3.24. The van der Waals surface area contributed by atoms with Gasteiger partial charge in [-0.3, -0.25) is 9.69 Å². The summed E-state index contributed by atoms with van der Waals surface area (Å²) in [6.07, 6.45) is 0. The van der Waals surface area contributed by atoms with Crippen molar-refractivity contribution >= 4 is 5.78 Å². The molecule has 4 heteroatoms. The van der Waals surface area contributed by atoms with Crippen LogP contribution < -0.4 is 0 Å². The van der Waals surface area contributed by atoms with Gasteiger partial charge >= 0.3 is 0 Å². The quantitative estimate of drug-likeness (QED) is 0.813. The number of benzene rings is 2. The number of rotatable bonds is 4. The van der Waals surface area contributed by atoms with Gasteiger partial charge in [0, 0.05) is 18.7 Å². The molecular weight excluding hydrogens is 281 g/mol. The van der Waals surface area contributed by atoms with Crippen molar-refractivity contribution in [3.63, 3.8) is 0 Å². The summed E-state index contributed by atoms with van der Waals surface area (Å²) in [5.74, 6) is -0.340. The van der Waals surface area contributed by atoms with Gasteiger partial charge in [0.05, 0.1) is 19.3 Å². The van der Waals surface area contributed by atoms with Gasteiger partial charge in [-0.05, 0) is 29.8 Å². The number of morpholine rings is 1. The molecule has 0 saturated carbocycles. The summed E-state index contributed by atoms with van der Waals surface area (Å²) in [5, 5.41) is 0. The highest BCUT2D eigenvalue weighted by atomic mass is 19.1. The second-order valence-corrected chi connectivity index (χ2v) is 5.33. The van der Waals surface area contributed by atoms with E-state index in [-0.39, 0.29) is 17.6 Å². The summed E-state index contributed by atoms with van der Waals surface area (Å²) in [4.78, 5) is 15.1. The molecule has 2 aromatic carbocycles. The van der Waals surface area contributed by atoms with E-state index < -0.39 is 0 Å². The molecule has 0 bridgehead atoms. The van der Waals surface area contributed by atoms with E-state index in [4.69, 9.17) is 4.74 Å². The van der Waals surface area contributed by atoms with E-state index in [9.17, 15) is 9.18 Å². The molecule has 3 nitrogen and oxygen atoms in total. The maximum atomic E-state index is 13.1. The molecule has 1 saturated heterocycles. The third-order valence-electron chi connectivity index (χ3n) is 3.90. The maximum absolute atomic E-state index is 13.1. The van der Waals surface area contributed by atoms with E-state index in [1.165, 1.54) is 12.1 Å². The minimum absolute atomic E-state index is 0.00639. The Morgan fingerprint density at radius 3 is 2.27 bits per heavy atom. The predicted octanol–water partition coefficient (Wildman–Crippen LogP) is 3.08. The van der Waals surface area contributed by atoms with E-state index >= 15 is 0 Å². The lowest BCUT2D eigenvalue weighted by Crippen LogP contribution is -2.42. The van der Waals surface area contributed by atoms with Crippen molar-refractivity contribution in [1.29, 1.82) is 0 Å². The summed E-state index contributed by atoms with van der Waals surface area (Å²) in [6.45, 7) is 2.68. The van der Waals surface area contributed by atoms with Crippen molar-refractivity contribution in [3.05, 3.63) is 71.5 Å². The second kappa shape index (κ2) is 6.81. The zero-order valence-electron chi connectivity index (χ0n) is 12.2. The molecule has 1 atom stereocenters. The Kier molecular flexibility index (Phi) is 4.61. The minimum Gasteiger partial charge on any atom is -0.379 e. The fourth-order valence-electron chi connectivity index (χ4n) is 2.77. The Bertz CT molecular complexity index is 621. The van der Waals surface area contributed by atoms with Crippen molar-refractivity contribution < 1.29 is 13.9 Å². The maximum Gasteiger partial charge on any atom is 0.184 e. The molecule has 0 spiro atoms. The van der Waals surface area contributed by atoms with Crippen LogP contribution in [0.5, 0.6) is 0 Å². The van der Waals surface area contributed by atoms with E-state index in [2.05, 4.69) is 4.90 Å². The highest BCUT2D eigenvalue weighted by molar-refractivity contribution is 6.00. The van der Waals surface area contributed by atoms with Crippen LogP contribution in [0, 0.1) is 5.82 Å². The van der Waals surface area contributed by atoms with E-state index in [0.29, 0.717) is 31.9 Å². The van der Waals surface area contributed by atoms with Gasteiger partial charge in [0.2, 0.25) is 0 Å². The monoisotopic (exact) mass is 299 g/mol. The van der Waals surface area contributed by atoms with Gasteiger partial charge in [-0.25, -0.2) is 4.39 Å². The van der Waals surface area contributed by atoms with Crippen molar-refractivity contribution in [3.8, 4) is 0 Å². The van der Waals surface area contributed by atoms with Gasteiger partial charge in [-0.1, -0.05) is 30.3 Å².